The summed E-state index contributed by atoms with van der Waals surface area (Å²) in [5.74, 6) is -5.50. The molecule has 2 fully saturated rings. The summed E-state index contributed by atoms with van der Waals surface area (Å²) in [7, 11) is 6.58. The lowest BCUT2D eigenvalue weighted by Crippen LogP contribution is -2.45. The van der Waals surface area contributed by atoms with Crippen molar-refractivity contribution in [3.8, 4) is 0 Å². The van der Waals surface area contributed by atoms with E-state index < -0.39 is 133 Å². The Bertz CT molecular complexity index is 2320. The zero-order chi connectivity index (χ0) is 72.5. The summed E-state index contributed by atoms with van der Waals surface area (Å²) in [6, 6.07) is 0. The molecule has 8 N–H and O–H groups in total. The molecule has 0 aromatic rings. The van der Waals surface area contributed by atoms with Crippen LogP contribution in [0, 0.1) is 47.3 Å². The molecule has 0 amide bonds. The van der Waals surface area contributed by atoms with Crippen molar-refractivity contribution in [3.05, 3.63) is 71.9 Å². The van der Waals surface area contributed by atoms with Crippen LogP contribution in [0.5, 0.6) is 0 Å². The summed E-state index contributed by atoms with van der Waals surface area (Å²) < 4.78 is 61.3. The lowest BCUT2D eigenvalue weighted by Gasteiger charge is -2.38. The van der Waals surface area contributed by atoms with Gasteiger partial charge < -0.3 is 88.2 Å². The first-order chi connectivity index (χ1) is 46.4. The second kappa shape index (κ2) is 43.1. The lowest BCUT2D eigenvalue weighted by atomic mass is 9.78. The molecule has 20 heteroatoms. The zero-order valence-corrected chi connectivity index (χ0v) is 62.3. The number of aliphatic hydroxyl groups excluding tert-OH is 8. The van der Waals surface area contributed by atoms with E-state index >= 15 is 0 Å². The summed E-state index contributed by atoms with van der Waals surface area (Å²) in [5, 5.41) is 94.4. The van der Waals surface area contributed by atoms with E-state index in [2.05, 4.69) is 0 Å². The molecule has 5 rings (SSSR count). The fourth-order valence-electron chi connectivity index (χ4n) is 15.3. The van der Waals surface area contributed by atoms with E-state index in [0.29, 0.717) is 62.5 Å². The van der Waals surface area contributed by atoms with Crippen LogP contribution >= 0.6 is 0 Å². The lowest BCUT2D eigenvalue weighted by molar-refractivity contribution is -0.158. The number of rotatable bonds is 16. The van der Waals surface area contributed by atoms with Gasteiger partial charge in [-0.3, -0.25) is 0 Å². The molecule has 20 nitrogen and oxygen atoms in total. The molecule has 5 heterocycles. The van der Waals surface area contributed by atoms with Crippen LogP contribution in [-0.4, -0.2) is 216 Å². The maximum absolute atomic E-state index is 13.9. The van der Waals surface area contributed by atoms with Crippen molar-refractivity contribution in [1.82, 2.24) is 0 Å². The van der Waals surface area contributed by atoms with Crippen LogP contribution in [0.4, 0.5) is 0 Å². The predicted molar refractivity (Wildman–Crippen MR) is 377 cm³/mol. The van der Waals surface area contributed by atoms with Crippen LogP contribution in [0.25, 0.3) is 0 Å². The van der Waals surface area contributed by atoms with Gasteiger partial charge in [-0.25, -0.2) is 9.59 Å². The van der Waals surface area contributed by atoms with E-state index in [0.717, 1.165) is 25.7 Å². The van der Waals surface area contributed by atoms with Gasteiger partial charge >= 0.3 is 11.9 Å². The number of aliphatic hydroxyl groups is 8. The molecule has 0 aromatic carbocycles. The molecule has 98 heavy (non-hydrogen) atoms. The van der Waals surface area contributed by atoms with Crippen molar-refractivity contribution in [2.24, 2.45) is 47.3 Å². The summed E-state index contributed by atoms with van der Waals surface area (Å²) in [5.41, 5.74) is 1.39. The summed E-state index contributed by atoms with van der Waals surface area (Å²) in [6.07, 6.45) is 14.1. The normalized spacial score (nSPS) is 41.1. The molecule has 0 aromatic heterocycles. The number of methoxy groups -OCH3 is 4. The van der Waals surface area contributed by atoms with Gasteiger partial charge in [0, 0.05) is 102 Å². The standard InChI is InChI=1S/C78H132O20/c1-45-23-29-57(79)37-59-19-17-21-61(95-59)41-71(91-15)52(8)68(82)44-70(84)54(10)78(56(12)76(88)48(4)28-32-64-40-66(90-14)36-50(6)94-64)98-74(86)34-26-46(2)24-30-58(80)38-60-20-18-22-62(96-60)42-72(92-16)51(7)67(81)43-69(83)53(9)77(97-73(85)33-25-45)55(11)75(87)47(3)27-31-63-39-65(89-13)35-49(5)93-63/h17-20,23-26,33-34,47-72,75-84,87-88H,21-22,27-32,35-44H2,1-16H3/b33-25+,34-26+,45-23-,46-24+. The molecule has 0 saturated carbocycles. The predicted octanol–water partition coefficient (Wildman–Crippen LogP) is 10.1. The Morgan fingerprint density at radius 2 is 0.806 bits per heavy atom. The fourth-order valence-corrected chi connectivity index (χ4v) is 15.3. The molecular formula is C78H132O20. The maximum atomic E-state index is 13.9. The average Bonchev–Trinajstić information content (AvgIpc) is 0.846. The van der Waals surface area contributed by atoms with Gasteiger partial charge in [-0.2, -0.15) is 0 Å². The highest BCUT2D eigenvalue weighted by molar-refractivity contribution is 5.83. The van der Waals surface area contributed by atoms with Gasteiger partial charge in [0.25, 0.3) is 0 Å². The third-order valence-corrected chi connectivity index (χ3v) is 22.3. The maximum Gasteiger partial charge on any atom is 0.331 e. The molecule has 4 bridgehead atoms. The highest BCUT2D eigenvalue weighted by atomic mass is 16.6. The largest absolute Gasteiger partial charge is 0.458 e. The molecule has 5 aliphatic heterocycles. The number of carbonyl (C=O) groups is 2. The molecule has 564 valence electrons. The zero-order valence-electron chi connectivity index (χ0n) is 62.3. The summed E-state index contributed by atoms with van der Waals surface area (Å²) in [4.78, 5) is 27.8. The van der Waals surface area contributed by atoms with Crippen LogP contribution in [0.15, 0.2) is 71.9 Å². The minimum atomic E-state index is -1.16. The first-order valence-electron chi connectivity index (χ1n) is 37.1. The Balaban J connectivity index is 1.36. The van der Waals surface area contributed by atoms with E-state index in [1.165, 1.54) is 12.2 Å². The third kappa shape index (κ3) is 28.1. The minimum absolute atomic E-state index is 0.0293. The SMILES string of the molecule is COC1CC(C)OC(CCC(C)C(O)C(C)C2OC(=O)/C=C/C(C)=C/CC(O)CC3C=CCC(CC(OC)C(C)C(O)CC(O)C(C)C(C(C)C(O)C(C)CCC4CC(OC)CC(C)O4)OC(=O)/C=C/C(C)=C\CC(O)CC4C=CCC(CC(OC)C(C)C(O)CC(O)C2C)O4)O3)C1. The Morgan fingerprint density at radius 3 is 1.15 bits per heavy atom. The number of allylic oxidation sites excluding steroid dienone is 4. The van der Waals surface area contributed by atoms with Gasteiger partial charge in [-0.1, -0.05) is 115 Å². The Morgan fingerprint density at radius 1 is 0.449 bits per heavy atom. The van der Waals surface area contributed by atoms with Crippen molar-refractivity contribution in [3.63, 3.8) is 0 Å². The Hall–Kier alpha value is -3.26. The van der Waals surface area contributed by atoms with Crippen LogP contribution in [-0.2, 0) is 57.0 Å². The Kier molecular flexibility index (Phi) is 37.6. The van der Waals surface area contributed by atoms with Crippen LogP contribution in [0.3, 0.4) is 0 Å². The number of ether oxygens (including phenoxy) is 10. The topological polar surface area (TPSA) is 288 Å². The van der Waals surface area contributed by atoms with Crippen molar-refractivity contribution >= 4 is 11.9 Å². The summed E-state index contributed by atoms with van der Waals surface area (Å²) in [6.45, 7) is 22.5. The van der Waals surface area contributed by atoms with Crippen molar-refractivity contribution in [2.45, 2.75) is 333 Å². The minimum Gasteiger partial charge on any atom is -0.458 e. The van der Waals surface area contributed by atoms with Crippen molar-refractivity contribution in [2.75, 3.05) is 28.4 Å². The molecule has 0 spiro atoms. The molecular weight excluding hydrogens is 1260 g/mol. The third-order valence-electron chi connectivity index (χ3n) is 22.3. The molecule has 5 aliphatic rings. The van der Waals surface area contributed by atoms with Crippen LogP contribution in [0.1, 0.15) is 199 Å². The Labute approximate surface area is 587 Å². The van der Waals surface area contributed by atoms with Crippen molar-refractivity contribution < 1.29 is 97.8 Å². The second-order valence-electron chi connectivity index (χ2n) is 30.3. The van der Waals surface area contributed by atoms with Gasteiger partial charge in [0.15, 0.2) is 0 Å². The van der Waals surface area contributed by atoms with Gasteiger partial charge in [-0.15, -0.1) is 0 Å². The number of hydrogen-bond acceptors (Lipinski definition) is 20. The van der Waals surface area contributed by atoms with E-state index in [1.54, 1.807) is 54.4 Å². The molecule has 30 unspecified atom stereocenters. The number of fused-ring (bicyclic) bond motifs is 4. The van der Waals surface area contributed by atoms with Crippen molar-refractivity contribution in [1.29, 1.82) is 0 Å². The number of carbonyl (C=O) groups excluding carboxylic acids is 2. The van der Waals surface area contributed by atoms with Gasteiger partial charge in [0.2, 0.25) is 0 Å². The van der Waals surface area contributed by atoms with Crippen LogP contribution in [0.2, 0.25) is 0 Å². The monoisotopic (exact) mass is 1390 g/mol. The summed E-state index contributed by atoms with van der Waals surface area (Å²) >= 11 is 0. The number of esters is 2. The molecule has 2 saturated heterocycles. The first kappa shape index (κ1) is 85.4. The van der Waals surface area contributed by atoms with E-state index in [-0.39, 0.29) is 99.2 Å². The smallest absolute Gasteiger partial charge is 0.331 e. The fraction of sp³-hybridized carbons (Fsp3) is 0.821. The highest BCUT2D eigenvalue weighted by Crippen LogP contribution is 2.37. The van der Waals surface area contributed by atoms with Crippen LogP contribution < -0.4 is 0 Å². The first-order valence-corrected chi connectivity index (χ1v) is 37.1. The van der Waals surface area contributed by atoms with Gasteiger partial charge in [0.1, 0.15) is 12.2 Å². The highest BCUT2D eigenvalue weighted by Gasteiger charge is 2.42. The van der Waals surface area contributed by atoms with E-state index in [4.69, 9.17) is 47.4 Å². The quantitative estimate of drug-likeness (QED) is 0.0527. The molecule has 0 radical (unpaired) electrons. The average molecular weight is 1390 g/mol. The number of cyclic esters (lactones) is 2. The van der Waals surface area contributed by atoms with Gasteiger partial charge in [0.05, 0.1) is 122 Å². The van der Waals surface area contributed by atoms with E-state index in [1.807, 2.05) is 106 Å². The number of hydrogen-bond donors (Lipinski definition) is 8. The van der Waals surface area contributed by atoms with E-state index in [9.17, 15) is 50.4 Å². The van der Waals surface area contributed by atoms with Gasteiger partial charge in [-0.05, 0) is 129 Å². The molecule has 30 atom stereocenters. The molecule has 0 aliphatic carbocycles. The second-order valence-corrected chi connectivity index (χ2v) is 30.3.